The lowest BCUT2D eigenvalue weighted by atomic mass is 9.98. The molecule has 0 radical (unpaired) electrons. The molecule has 4 aromatic carbocycles. The summed E-state index contributed by atoms with van der Waals surface area (Å²) in [5.41, 5.74) is 12.9. The number of rotatable bonds is 6. The van der Waals surface area contributed by atoms with Gasteiger partial charge in [-0.1, -0.05) is 97.1 Å². The molecular formula is C44H29N5. The van der Waals surface area contributed by atoms with E-state index >= 15 is 0 Å². The molecule has 5 heterocycles. The normalized spacial score (nSPS) is 11.3. The molecule has 0 fully saturated rings. The summed E-state index contributed by atoms with van der Waals surface area (Å²) in [6, 6.07) is 54.5. The van der Waals surface area contributed by atoms with Crippen LogP contribution in [0, 0.1) is 0 Å². The fraction of sp³-hybridized carbons (Fsp3) is 0. The lowest BCUT2D eigenvalue weighted by molar-refractivity contribution is 1.17. The Morgan fingerprint density at radius 1 is 0.367 bits per heavy atom. The second-order valence-corrected chi connectivity index (χ2v) is 12.0. The number of fused-ring (bicyclic) bond motifs is 3. The smallest absolute Gasteiger partial charge is 0.0900 e. The molecule has 0 aliphatic heterocycles. The first-order valence-electron chi connectivity index (χ1n) is 16.3. The van der Waals surface area contributed by atoms with Crippen LogP contribution in [0.3, 0.4) is 0 Å². The van der Waals surface area contributed by atoms with Crippen LogP contribution in [0.15, 0.2) is 176 Å². The number of hydrogen-bond acceptors (Lipinski definition) is 4. The molecule has 5 heteroatoms. The number of pyridine rings is 4. The van der Waals surface area contributed by atoms with Crippen molar-refractivity contribution in [1.82, 2.24) is 24.5 Å². The molecule has 49 heavy (non-hydrogen) atoms. The standard InChI is InChI=1S/C44H29N5/c1-3-11-30(12-4-1)33-25-39(31-13-5-2-6-14-31)47-41(26-33)34-27-40(48-42(28-34)38-16-9-10-23-46-38)32-18-20-35(21-19-32)49-43-17-8-7-15-36(43)37-29-45-24-22-44(37)49/h1-29H. The zero-order chi connectivity index (χ0) is 32.6. The van der Waals surface area contributed by atoms with Gasteiger partial charge in [-0.05, 0) is 71.8 Å². The van der Waals surface area contributed by atoms with E-state index in [4.69, 9.17) is 9.97 Å². The average molecular weight is 628 g/mol. The van der Waals surface area contributed by atoms with Gasteiger partial charge in [0.2, 0.25) is 0 Å². The van der Waals surface area contributed by atoms with Gasteiger partial charge in [0.25, 0.3) is 0 Å². The second kappa shape index (κ2) is 12.1. The van der Waals surface area contributed by atoms with Crippen LogP contribution in [-0.2, 0) is 0 Å². The fourth-order valence-electron chi connectivity index (χ4n) is 6.58. The van der Waals surface area contributed by atoms with Crippen molar-refractivity contribution in [1.29, 1.82) is 0 Å². The zero-order valence-corrected chi connectivity index (χ0v) is 26.5. The third-order valence-corrected chi connectivity index (χ3v) is 8.95. The number of aromatic nitrogens is 5. The first kappa shape index (κ1) is 28.5. The molecule has 230 valence electrons. The molecule has 9 aromatic rings. The van der Waals surface area contributed by atoms with Crippen LogP contribution in [0.1, 0.15) is 0 Å². The van der Waals surface area contributed by atoms with Crippen LogP contribution in [0.5, 0.6) is 0 Å². The SMILES string of the molecule is c1ccc(-c2cc(-c3ccccc3)nc(-c3cc(-c4ccc(-n5c6ccccc6c6cnccc65)cc4)nc(-c4ccccn4)c3)c2)cc1. The Labute approximate surface area is 283 Å². The molecule has 0 N–H and O–H groups in total. The van der Waals surface area contributed by atoms with Gasteiger partial charge in [-0.25, -0.2) is 9.97 Å². The van der Waals surface area contributed by atoms with Crippen LogP contribution < -0.4 is 0 Å². The Hall–Kier alpha value is -6.72. The predicted octanol–water partition coefficient (Wildman–Crippen LogP) is 10.7. The summed E-state index contributed by atoms with van der Waals surface area (Å²) in [5.74, 6) is 0. The Bertz CT molecular complexity index is 2470. The third kappa shape index (κ3) is 5.33. The van der Waals surface area contributed by atoms with Crippen molar-refractivity contribution >= 4 is 21.8 Å². The summed E-state index contributed by atoms with van der Waals surface area (Å²) < 4.78 is 2.30. The van der Waals surface area contributed by atoms with E-state index < -0.39 is 0 Å². The zero-order valence-electron chi connectivity index (χ0n) is 26.5. The van der Waals surface area contributed by atoms with Crippen LogP contribution in [0.4, 0.5) is 0 Å². The van der Waals surface area contributed by atoms with Crippen molar-refractivity contribution in [2.45, 2.75) is 0 Å². The number of benzene rings is 4. The maximum atomic E-state index is 5.22. The first-order valence-corrected chi connectivity index (χ1v) is 16.3. The number of hydrogen-bond donors (Lipinski definition) is 0. The molecule has 0 atom stereocenters. The number of nitrogens with zero attached hydrogens (tertiary/aromatic N) is 5. The van der Waals surface area contributed by atoms with E-state index in [1.807, 2.05) is 42.7 Å². The maximum Gasteiger partial charge on any atom is 0.0900 e. The van der Waals surface area contributed by atoms with E-state index in [9.17, 15) is 0 Å². The van der Waals surface area contributed by atoms with Crippen LogP contribution in [0.25, 0.3) is 83.8 Å². The highest BCUT2D eigenvalue weighted by molar-refractivity contribution is 6.08. The lowest BCUT2D eigenvalue weighted by Crippen LogP contribution is -1.96. The van der Waals surface area contributed by atoms with Gasteiger partial charge in [-0.15, -0.1) is 0 Å². The molecule has 0 aliphatic rings. The van der Waals surface area contributed by atoms with E-state index in [1.54, 1.807) is 6.20 Å². The third-order valence-electron chi connectivity index (χ3n) is 8.95. The summed E-state index contributed by atoms with van der Waals surface area (Å²) in [6.45, 7) is 0. The quantitative estimate of drug-likeness (QED) is 0.184. The summed E-state index contributed by atoms with van der Waals surface area (Å²) in [6.07, 6.45) is 5.60. The molecule has 0 saturated heterocycles. The summed E-state index contributed by atoms with van der Waals surface area (Å²) in [7, 11) is 0. The second-order valence-electron chi connectivity index (χ2n) is 12.0. The molecule has 0 spiro atoms. The molecule has 0 saturated carbocycles. The lowest BCUT2D eigenvalue weighted by Gasteiger charge is -2.13. The largest absolute Gasteiger partial charge is 0.309 e. The van der Waals surface area contributed by atoms with Gasteiger partial charge in [-0.3, -0.25) is 9.97 Å². The molecule has 0 bridgehead atoms. The molecule has 5 nitrogen and oxygen atoms in total. The molecule has 0 aliphatic carbocycles. The van der Waals surface area contributed by atoms with Crippen molar-refractivity contribution < 1.29 is 0 Å². The van der Waals surface area contributed by atoms with E-state index in [1.165, 1.54) is 5.39 Å². The molecular weight excluding hydrogens is 599 g/mol. The van der Waals surface area contributed by atoms with Gasteiger partial charge >= 0.3 is 0 Å². The highest BCUT2D eigenvalue weighted by Crippen LogP contribution is 2.35. The minimum absolute atomic E-state index is 0.792. The summed E-state index contributed by atoms with van der Waals surface area (Å²) in [4.78, 5) is 19.4. The fourth-order valence-corrected chi connectivity index (χ4v) is 6.58. The van der Waals surface area contributed by atoms with Crippen LogP contribution in [-0.4, -0.2) is 24.5 Å². The Morgan fingerprint density at radius 3 is 1.71 bits per heavy atom. The van der Waals surface area contributed by atoms with Crippen molar-refractivity contribution in [2.24, 2.45) is 0 Å². The van der Waals surface area contributed by atoms with Gasteiger partial charge in [0.15, 0.2) is 0 Å². The van der Waals surface area contributed by atoms with Gasteiger partial charge in [0.1, 0.15) is 0 Å². The van der Waals surface area contributed by atoms with Gasteiger partial charge < -0.3 is 4.57 Å². The van der Waals surface area contributed by atoms with E-state index in [0.717, 1.165) is 78.4 Å². The highest BCUT2D eigenvalue weighted by atomic mass is 15.0. The van der Waals surface area contributed by atoms with Crippen LogP contribution in [0.2, 0.25) is 0 Å². The molecule has 5 aromatic heterocycles. The van der Waals surface area contributed by atoms with Gasteiger partial charge in [-0.2, -0.15) is 0 Å². The van der Waals surface area contributed by atoms with Crippen LogP contribution >= 0.6 is 0 Å². The first-order chi connectivity index (χ1) is 24.3. The van der Waals surface area contributed by atoms with Crippen molar-refractivity contribution in [3.63, 3.8) is 0 Å². The average Bonchev–Trinajstić information content (AvgIpc) is 3.53. The Kier molecular flexibility index (Phi) is 7.06. The van der Waals surface area contributed by atoms with E-state index in [0.29, 0.717) is 0 Å². The van der Waals surface area contributed by atoms with Crippen molar-refractivity contribution in [3.05, 3.63) is 176 Å². The van der Waals surface area contributed by atoms with E-state index in [2.05, 4.69) is 142 Å². The molecule has 0 amide bonds. The maximum absolute atomic E-state index is 5.22. The number of para-hydroxylation sites is 1. The Morgan fingerprint density at radius 2 is 0.959 bits per heavy atom. The molecule has 9 rings (SSSR count). The monoisotopic (exact) mass is 627 g/mol. The minimum atomic E-state index is 0.792. The molecule has 0 unspecified atom stereocenters. The van der Waals surface area contributed by atoms with E-state index in [-0.39, 0.29) is 0 Å². The van der Waals surface area contributed by atoms with Crippen molar-refractivity contribution in [3.8, 4) is 62.0 Å². The highest BCUT2D eigenvalue weighted by Gasteiger charge is 2.15. The van der Waals surface area contributed by atoms with Gasteiger partial charge in [0.05, 0.1) is 39.5 Å². The van der Waals surface area contributed by atoms with Crippen molar-refractivity contribution in [2.75, 3.05) is 0 Å². The Balaban J connectivity index is 1.20. The topological polar surface area (TPSA) is 56.5 Å². The predicted molar refractivity (Wildman–Crippen MR) is 199 cm³/mol. The van der Waals surface area contributed by atoms with Gasteiger partial charge in [0, 0.05) is 51.7 Å². The summed E-state index contributed by atoms with van der Waals surface area (Å²) in [5, 5.41) is 2.32. The minimum Gasteiger partial charge on any atom is -0.309 e. The summed E-state index contributed by atoms with van der Waals surface area (Å²) >= 11 is 0.